The van der Waals surface area contributed by atoms with Gasteiger partial charge in [0, 0.05) is 37.7 Å². The number of hydrazine groups is 1. The van der Waals surface area contributed by atoms with Crippen LogP contribution in [0.2, 0.25) is 0 Å². The van der Waals surface area contributed by atoms with Crippen LogP contribution in [0.25, 0.3) is 0 Å². The third-order valence-corrected chi connectivity index (χ3v) is 5.01. The zero-order valence-electron chi connectivity index (χ0n) is 17.2. The van der Waals surface area contributed by atoms with E-state index in [1.54, 1.807) is 18.2 Å². The molecule has 1 amide bonds. The number of piperidine rings is 1. The van der Waals surface area contributed by atoms with Gasteiger partial charge in [-0.1, -0.05) is 48.5 Å². The van der Waals surface area contributed by atoms with Crippen LogP contribution in [-0.4, -0.2) is 36.3 Å². The van der Waals surface area contributed by atoms with Crippen LogP contribution in [-0.2, 0) is 11.3 Å². The molecule has 0 radical (unpaired) electrons. The Hall–Kier alpha value is -2.29. The Balaban J connectivity index is 0.00000341. The molecule has 0 saturated carbocycles. The summed E-state index contributed by atoms with van der Waals surface area (Å²) in [4.78, 5) is 11.5. The summed E-state index contributed by atoms with van der Waals surface area (Å²) in [5.74, 6) is 0.123. The van der Waals surface area contributed by atoms with Crippen LogP contribution < -0.4 is 15.5 Å². The molecular formula is C22H27ClF3N3O2. The second-order valence-electron chi connectivity index (χ2n) is 7.40. The van der Waals surface area contributed by atoms with Crippen LogP contribution >= 0.6 is 12.4 Å². The summed E-state index contributed by atoms with van der Waals surface area (Å²) in [6.45, 7) is 1.06. The van der Waals surface area contributed by atoms with Crippen molar-refractivity contribution in [2.75, 3.05) is 13.2 Å². The summed E-state index contributed by atoms with van der Waals surface area (Å²) in [5.41, 5.74) is 5.13. The number of amides is 1. The van der Waals surface area contributed by atoms with Gasteiger partial charge >= 0.3 is 6.18 Å². The van der Waals surface area contributed by atoms with Gasteiger partial charge in [0.2, 0.25) is 5.91 Å². The minimum atomic E-state index is -4.39. The van der Waals surface area contributed by atoms with Crippen LogP contribution in [0.3, 0.4) is 0 Å². The van der Waals surface area contributed by atoms with Crippen LogP contribution in [0.1, 0.15) is 36.9 Å². The van der Waals surface area contributed by atoms with E-state index in [1.807, 2.05) is 18.2 Å². The van der Waals surface area contributed by atoms with Crippen molar-refractivity contribution in [3.05, 3.63) is 65.7 Å². The number of carbonyl (C=O) groups excluding carboxylic acids is 1. The van der Waals surface area contributed by atoms with Gasteiger partial charge in [0.25, 0.3) is 0 Å². The first kappa shape index (κ1) is 25.0. The molecule has 2 atom stereocenters. The number of nitrogens with one attached hydrogen (secondary N) is 2. The Labute approximate surface area is 186 Å². The van der Waals surface area contributed by atoms with Gasteiger partial charge in [-0.2, -0.15) is 13.2 Å². The van der Waals surface area contributed by atoms with Gasteiger partial charge in [-0.3, -0.25) is 4.79 Å². The molecule has 2 aromatic carbocycles. The predicted molar refractivity (Wildman–Crippen MR) is 115 cm³/mol. The summed E-state index contributed by atoms with van der Waals surface area (Å²) in [7, 11) is 0. The minimum Gasteiger partial charge on any atom is -0.484 e. The van der Waals surface area contributed by atoms with E-state index < -0.39 is 12.8 Å². The van der Waals surface area contributed by atoms with Gasteiger partial charge < -0.3 is 10.1 Å². The van der Waals surface area contributed by atoms with Crippen molar-refractivity contribution in [3.63, 3.8) is 0 Å². The fourth-order valence-corrected chi connectivity index (χ4v) is 3.71. The van der Waals surface area contributed by atoms with Crippen molar-refractivity contribution in [1.82, 2.24) is 15.8 Å². The molecule has 3 rings (SSSR count). The normalized spacial score (nSPS) is 19.4. The first-order valence-corrected chi connectivity index (χ1v) is 9.91. The first-order valence-electron chi connectivity index (χ1n) is 9.91. The van der Waals surface area contributed by atoms with Crippen molar-refractivity contribution >= 4 is 18.3 Å². The number of rotatable bonds is 7. The number of hydrogen-bond donors (Lipinski definition) is 2. The lowest BCUT2D eigenvalue weighted by Gasteiger charge is -2.40. The molecule has 1 fully saturated rings. The molecule has 5 nitrogen and oxygen atoms in total. The number of halogens is 4. The number of hydrogen-bond acceptors (Lipinski definition) is 4. The largest absolute Gasteiger partial charge is 0.484 e. The Morgan fingerprint density at radius 2 is 1.77 bits per heavy atom. The quantitative estimate of drug-likeness (QED) is 0.647. The highest BCUT2D eigenvalue weighted by atomic mass is 35.5. The molecule has 2 N–H and O–H groups in total. The summed E-state index contributed by atoms with van der Waals surface area (Å²) in [6, 6.07) is 16.8. The van der Waals surface area contributed by atoms with Crippen LogP contribution in [0.5, 0.6) is 5.75 Å². The molecule has 2 unspecified atom stereocenters. The number of benzene rings is 2. The molecule has 0 bridgehead atoms. The highest BCUT2D eigenvalue weighted by Gasteiger charge is 2.31. The summed E-state index contributed by atoms with van der Waals surface area (Å²) >= 11 is 0. The molecule has 2 aromatic rings. The molecule has 1 aliphatic heterocycles. The van der Waals surface area contributed by atoms with Crippen molar-refractivity contribution in [2.24, 2.45) is 0 Å². The lowest BCUT2D eigenvalue weighted by atomic mass is 9.94. The van der Waals surface area contributed by atoms with Crippen molar-refractivity contribution in [3.8, 4) is 5.75 Å². The van der Waals surface area contributed by atoms with Gasteiger partial charge in [0.15, 0.2) is 6.61 Å². The number of para-hydroxylation sites is 1. The maximum absolute atomic E-state index is 12.6. The smallest absolute Gasteiger partial charge is 0.422 e. The third kappa shape index (κ3) is 7.72. The van der Waals surface area contributed by atoms with Crippen molar-refractivity contribution in [1.29, 1.82) is 0 Å². The SMILES string of the molecule is CC(=O)NC1CCC(c2ccccc2)N(NCc2ccccc2OCC(F)(F)F)C1.Cl. The molecule has 1 aliphatic rings. The lowest BCUT2D eigenvalue weighted by Crippen LogP contribution is -2.53. The molecule has 9 heteroatoms. The Kier molecular flexibility index (Phi) is 9.15. The molecule has 31 heavy (non-hydrogen) atoms. The summed E-state index contributed by atoms with van der Waals surface area (Å²) < 4.78 is 42.6. The molecule has 0 spiro atoms. The monoisotopic (exact) mass is 457 g/mol. The van der Waals surface area contributed by atoms with Gasteiger partial charge in [-0.15, -0.1) is 12.4 Å². The molecule has 0 aliphatic carbocycles. The summed E-state index contributed by atoms with van der Waals surface area (Å²) in [5, 5.41) is 5.02. The number of alkyl halides is 3. The van der Waals surface area contributed by atoms with Crippen molar-refractivity contribution in [2.45, 2.75) is 44.6 Å². The Bertz CT molecular complexity index is 836. The van der Waals surface area contributed by atoms with Crippen LogP contribution in [0.4, 0.5) is 13.2 Å². The fraction of sp³-hybridized carbons (Fsp3) is 0.409. The minimum absolute atomic E-state index is 0. The first-order chi connectivity index (χ1) is 14.3. The van der Waals surface area contributed by atoms with E-state index in [9.17, 15) is 18.0 Å². The molecule has 1 saturated heterocycles. The predicted octanol–water partition coefficient (Wildman–Crippen LogP) is 4.40. The highest BCUT2D eigenvalue weighted by Crippen LogP contribution is 2.30. The maximum atomic E-state index is 12.6. The standard InChI is InChI=1S/C22H26F3N3O2.ClH/c1-16(29)27-19-11-12-20(17-7-3-2-4-8-17)28(14-19)26-13-18-9-5-6-10-21(18)30-15-22(23,24)25;/h2-10,19-20,26H,11-15H2,1H3,(H,27,29);1H. The number of carbonyl (C=O) groups is 1. The van der Waals surface area contributed by atoms with E-state index in [2.05, 4.69) is 27.9 Å². The van der Waals surface area contributed by atoms with Crippen LogP contribution in [0.15, 0.2) is 54.6 Å². The van der Waals surface area contributed by atoms with E-state index in [0.29, 0.717) is 18.7 Å². The maximum Gasteiger partial charge on any atom is 0.422 e. The molecular weight excluding hydrogens is 431 g/mol. The van der Waals surface area contributed by atoms with Gasteiger partial charge in [0.1, 0.15) is 5.75 Å². The second kappa shape index (κ2) is 11.4. The van der Waals surface area contributed by atoms with E-state index in [0.717, 1.165) is 18.4 Å². The molecule has 170 valence electrons. The highest BCUT2D eigenvalue weighted by molar-refractivity contribution is 5.85. The fourth-order valence-electron chi connectivity index (χ4n) is 3.71. The van der Waals surface area contributed by atoms with Gasteiger partial charge in [0.05, 0.1) is 0 Å². The van der Waals surface area contributed by atoms with Gasteiger partial charge in [-0.25, -0.2) is 10.4 Å². The van der Waals surface area contributed by atoms with Gasteiger partial charge in [-0.05, 0) is 24.5 Å². The van der Waals surface area contributed by atoms with E-state index in [4.69, 9.17) is 4.74 Å². The van der Waals surface area contributed by atoms with E-state index >= 15 is 0 Å². The number of nitrogens with zero attached hydrogens (tertiary/aromatic N) is 1. The van der Waals surface area contributed by atoms with Crippen molar-refractivity contribution < 1.29 is 22.7 Å². The Morgan fingerprint density at radius 1 is 1.10 bits per heavy atom. The lowest BCUT2D eigenvalue weighted by molar-refractivity contribution is -0.153. The Morgan fingerprint density at radius 3 is 2.45 bits per heavy atom. The number of ether oxygens (including phenoxy) is 1. The van der Waals surface area contributed by atoms with E-state index in [-0.39, 0.29) is 36.1 Å². The van der Waals surface area contributed by atoms with E-state index in [1.165, 1.54) is 13.0 Å². The second-order valence-corrected chi connectivity index (χ2v) is 7.40. The zero-order chi connectivity index (χ0) is 21.6. The topological polar surface area (TPSA) is 53.6 Å². The molecule has 1 heterocycles. The third-order valence-electron chi connectivity index (χ3n) is 5.01. The average Bonchev–Trinajstić information content (AvgIpc) is 2.71. The molecule has 0 aromatic heterocycles. The zero-order valence-corrected chi connectivity index (χ0v) is 18.0. The summed E-state index contributed by atoms with van der Waals surface area (Å²) in [6.07, 6.45) is -2.70. The van der Waals surface area contributed by atoms with Crippen LogP contribution in [0, 0.1) is 0 Å². The average molecular weight is 458 g/mol.